The third kappa shape index (κ3) is 3.45. The van der Waals surface area contributed by atoms with Crippen LogP contribution in [0.1, 0.15) is 47.5 Å². The number of nitrogens with zero attached hydrogens (tertiary/aromatic N) is 1. The van der Waals surface area contributed by atoms with E-state index in [1.165, 1.54) is 0 Å². The third-order valence-electron chi connectivity index (χ3n) is 4.07. The summed E-state index contributed by atoms with van der Waals surface area (Å²) in [7, 11) is 0. The second-order valence-corrected chi connectivity index (χ2v) is 6.04. The zero-order valence-electron chi connectivity index (χ0n) is 12.4. The van der Waals surface area contributed by atoms with Gasteiger partial charge in [-0.3, -0.25) is 9.69 Å². The molecule has 1 amide bonds. The number of aliphatic hydroxyl groups is 1. The van der Waals surface area contributed by atoms with Gasteiger partial charge in [0, 0.05) is 19.1 Å². The average Bonchev–Trinajstić information content (AvgIpc) is 2.23. The highest BCUT2D eigenvalue weighted by Gasteiger charge is 2.46. The molecule has 1 saturated heterocycles. The molecular formula is C14H28N2O2. The van der Waals surface area contributed by atoms with Gasteiger partial charge in [0.2, 0.25) is 5.91 Å². The van der Waals surface area contributed by atoms with Gasteiger partial charge in [0.25, 0.3) is 0 Å². The van der Waals surface area contributed by atoms with Crippen molar-refractivity contribution in [1.82, 2.24) is 10.2 Å². The molecular weight excluding hydrogens is 228 g/mol. The minimum Gasteiger partial charge on any atom is -0.387 e. The van der Waals surface area contributed by atoms with Gasteiger partial charge in [0.05, 0.1) is 11.6 Å². The van der Waals surface area contributed by atoms with Gasteiger partial charge in [-0.05, 0) is 26.2 Å². The Kier molecular flexibility index (Phi) is 5.17. The van der Waals surface area contributed by atoms with E-state index in [0.717, 1.165) is 12.8 Å². The monoisotopic (exact) mass is 256 g/mol. The van der Waals surface area contributed by atoms with Gasteiger partial charge in [-0.2, -0.15) is 0 Å². The zero-order chi connectivity index (χ0) is 13.9. The minimum absolute atomic E-state index is 0.0711. The molecule has 1 rings (SSSR count). The first-order valence-corrected chi connectivity index (χ1v) is 7.07. The minimum atomic E-state index is -0.608. The van der Waals surface area contributed by atoms with Crippen molar-refractivity contribution in [2.24, 2.45) is 5.92 Å². The average molecular weight is 256 g/mol. The van der Waals surface area contributed by atoms with Gasteiger partial charge in [-0.15, -0.1) is 0 Å². The number of rotatable bonds is 6. The number of hydrogen-bond acceptors (Lipinski definition) is 3. The van der Waals surface area contributed by atoms with Gasteiger partial charge in [0.15, 0.2) is 0 Å². The Bertz CT molecular complexity index is 286. The SMILES string of the molecule is CCCC(C)NC(=O)C(C)N1CC(O)(C(C)C)C1. The summed E-state index contributed by atoms with van der Waals surface area (Å²) >= 11 is 0. The summed E-state index contributed by atoms with van der Waals surface area (Å²) in [6.45, 7) is 11.3. The summed E-state index contributed by atoms with van der Waals surface area (Å²) in [6, 6.07) is 0.0820. The number of nitrogens with one attached hydrogen (secondary N) is 1. The summed E-state index contributed by atoms with van der Waals surface area (Å²) in [6.07, 6.45) is 2.08. The van der Waals surface area contributed by atoms with Crippen molar-refractivity contribution in [1.29, 1.82) is 0 Å². The Hall–Kier alpha value is -0.610. The summed E-state index contributed by atoms with van der Waals surface area (Å²) in [5.74, 6) is 0.310. The molecule has 1 aliphatic heterocycles. The van der Waals surface area contributed by atoms with Crippen LogP contribution in [0.15, 0.2) is 0 Å². The smallest absolute Gasteiger partial charge is 0.237 e. The molecule has 0 spiro atoms. The number of carbonyl (C=O) groups excluding carboxylic acids is 1. The lowest BCUT2D eigenvalue weighted by Crippen LogP contribution is -2.68. The van der Waals surface area contributed by atoms with Crippen molar-refractivity contribution in [3.05, 3.63) is 0 Å². The molecule has 0 aromatic carbocycles. The molecule has 1 fully saturated rings. The maximum Gasteiger partial charge on any atom is 0.237 e. The summed E-state index contributed by atoms with van der Waals surface area (Å²) in [5.41, 5.74) is -0.608. The Labute approximate surface area is 111 Å². The second kappa shape index (κ2) is 6.02. The van der Waals surface area contributed by atoms with E-state index in [9.17, 15) is 9.90 Å². The molecule has 106 valence electrons. The highest BCUT2D eigenvalue weighted by molar-refractivity contribution is 5.81. The van der Waals surface area contributed by atoms with E-state index in [1.54, 1.807) is 0 Å². The zero-order valence-corrected chi connectivity index (χ0v) is 12.4. The third-order valence-corrected chi connectivity index (χ3v) is 4.07. The van der Waals surface area contributed by atoms with Crippen molar-refractivity contribution in [2.75, 3.05) is 13.1 Å². The predicted octanol–water partition coefficient (Wildman–Crippen LogP) is 1.38. The van der Waals surface area contributed by atoms with Crippen molar-refractivity contribution in [3.63, 3.8) is 0 Å². The Morgan fingerprint density at radius 2 is 1.89 bits per heavy atom. The molecule has 4 nitrogen and oxygen atoms in total. The van der Waals surface area contributed by atoms with E-state index in [1.807, 2.05) is 32.6 Å². The Balaban J connectivity index is 2.38. The number of carbonyl (C=O) groups is 1. The first kappa shape index (κ1) is 15.4. The van der Waals surface area contributed by atoms with Crippen LogP contribution in [-0.4, -0.2) is 46.7 Å². The van der Waals surface area contributed by atoms with E-state index >= 15 is 0 Å². The van der Waals surface area contributed by atoms with Crippen molar-refractivity contribution >= 4 is 5.91 Å². The molecule has 0 radical (unpaired) electrons. The van der Waals surface area contributed by atoms with Crippen LogP contribution in [0, 0.1) is 5.92 Å². The largest absolute Gasteiger partial charge is 0.387 e. The molecule has 18 heavy (non-hydrogen) atoms. The highest BCUT2D eigenvalue weighted by atomic mass is 16.3. The number of hydrogen-bond donors (Lipinski definition) is 2. The second-order valence-electron chi connectivity index (χ2n) is 6.04. The van der Waals surface area contributed by atoms with E-state index in [2.05, 4.69) is 12.2 Å². The fraction of sp³-hybridized carbons (Fsp3) is 0.929. The van der Waals surface area contributed by atoms with Crippen molar-refractivity contribution in [3.8, 4) is 0 Å². The van der Waals surface area contributed by atoms with Crippen LogP contribution >= 0.6 is 0 Å². The number of amides is 1. The van der Waals surface area contributed by atoms with E-state index < -0.39 is 5.60 Å². The maximum absolute atomic E-state index is 12.0. The topological polar surface area (TPSA) is 52.6 Å². The molecule has 0 saturated carbocycles. The van der Waals surface area contributed by atoms with Crippen LogP contribution < -0.4 is 5.32 Å². The predicted molar refractivity (Wildman–Crippen MR) is 73.3 cm³/mol. The Morgan fingerprint density at radius 3 is 2.33 bits per heavy atom. The van der Waals surface area contributed by atoms with Crippen LogP contribution in [0.3, 0.4) is 0 Å². The highest BCUT2D eigenvalue weighted by Crippen LogP contribution is 2.30. The van der Waals surface area contributed by atoms with Gasteiger partial charge in [-0.1, -0.05) is 27.2 Å². The van der Waals surface area contributed by atoms with Crippen LogP contribution in [-0.2, 0) is 4.79 Å². The molecule has 0 aliphatic carbocycles. The first-order chi connectivity index (χ1) is 8.30. The van der Waals surface area contributed by atoms with Gasteiger partial charge < -0.3 is 10.4 Å². The molecule has 2 N–H and O–H groups in total. The summed E-state index contributed by atoms with van der Waals surface area (Å²) < 4.78 is 0. The molecule has 0 aromatic heterocycles. The lowest BCUT2D eigenvalue weighted by atomic mass is 9.82. The molecule has 1 heterocycles. The maximum atomic E-state index is 12.0. The van der Waals surface area contributed by atoms with E-state index in [0.29, 0.717) is 13.1 Å². The fourth-order valence-corrected chi connectivity index (χ4v) is 2.33. The molecule has 2 unspecified atom stereocenters. The van der Waals surface area contributed by atoms with Crippen LogP contribution in [0.5, 0.6) is 0 Å². The Morgan fingerprint density at radius 1 is 1.33 bits per heavy atom. The number of likely N-dealkylation sites (tertiary alicyclic amines) is 1. The number of β-amino-alcohol motifs (C(OH)–C–C–N with tert-alkyl or cyclic N) is 1. The molecule has 0 aromatic rings. The van der Waals surface area contributed by atoms with Crippen LogP contribution in [0.25, 0.3) is 0 Å². The fourth-order valence-electron chi connectivity index (χ4n) is 2.33. The summed E-state index contributed by atoms with van der Waals surface area (Å²) in [4.78, 5) is 14.0. The quantitative estimate of drug-likeness (QED) is 0.755. The van der Waals surface area contributed by atoms with Crippen molar-refractivity contribution in [2.45, 2.75) is 65.1 Å². The molecule has 4 heteroatoms. The van der Waals surface area contributed by atoms with E-state index in [-0.39, 0.29) is 23.9 Å². The van der Waals surface area contributed by atoms with Gasteiger partial charge in [0.1, 0.15) is 0 Å². The normalized spacial score (nSPS) is 22.4. The standard InChI is InChI=1S/C14H28N2O2/c1-6-7-11(4)15-13(17)12(5)16-8-14(18,9-16)10(2)3/h10-12,18H,6-9H2,1-5H3,(H,15,17). The van der Waals surface area contributed by atoms with Crippen molar-refractivity contribution < 1.29 is 9.90 Å². The molecule has 2 atom stereocenters. The first-order valence-electron chi connectivity index (χ1n) is 7.07. The van der Waals surface area contributed by atoms with Crippen LogP contribution in [0.2, 0.25) is 0 Å². The molecule has 1 aliphatic rings. The van der Waals surface area contributed by atoms with Crippen LogP contribution in [0.4, 0.5) is 0 Å². The summed E-state index contributed by atoms with van der Waals surface area (Å²) in [5, 5.41) is 13.2. The lowest BCUT2D eigenvalue weighted by Gasteiger charge is -2.51. The molecule has 0 bridgehead atoms. The van der Waals surface area contributed by atoms with E-state index in [4.69, 9.17) is 0 Å². The lowest BCUT2D eigenvalue weighted by molar-refractivity contribution is -0.154. The van der Waals surface area contributed by atoms with Gasteiger partial charge >= 0.3 is 0 Å². The van der Waals surface area contributed by atoms with Gasteiger partial charge in [-0.25, -0.2) is 0 Å².